The Balaban J connectivity index is 0.000000776. The first-order valence-corrected chi connectivity index (χ1v) is 9.72. The van der Waals surface area contributed by atoms with E-state index in [0.29, 0.717) is 11.9 Å². The minimum absolute atomic E-state index is 0.544. The number of hydrogen-bond donors (Lipinski definition) is 4. The quantitative estimate of drug-likeness (QED) is 0.474. The molecule has 1 aromatic rings. The third-order valence-electron chi connectivity index (χ3n) is 3.71. The van der Waals surface area contributed by atoms with E-state index in [9.17, 15) is 0 Å². The van der Waals surface area contributed by atoms with Crippen molar-refractivity contribution in [1.29, 1.82) is 0 Å². The highest BCUT2D eigenvalue weighted by Crippen LogP contribution is 2.10. The van der Waals surface area contributed by atoms with Crippen molar-refractivity contribution in [2.75, 3.05) is 38.0 Å². The molecular weight excluding hydrogens is 366 g/mol. The van der Waals surface area contributed by atoms with E-state index in [0.717, 1.165) is 52.7 Å². The van der Waals surface area contributed by atoms with Gasteiger partial charge in [-0.1, -0.05) is 17.9 Å². The van der Waals surface area contributed by atoms with Crippen molar-refractivity contribution in [3.8, 4) is 0 Å². The first-order valence-electron chi connectivity index (χ1n) is 9.72. The minimum atomic E-state index is -0.833. The molecule has 1 aromatic heterocycles. The van der Waals surface area contributed by atoms with Gasteiger partial charge in [-0.05, 0) is 45.3 Å². The Labute approximate surface area is 166 Å². The molecular formula is C18H35N5O5. The second kappa shape index (κ2) is 16.9. The molecule has 0 aliphatic carbocycles. The maximum Gasteiger partial charge on any atom is 0.315 e. The van der Waals surface area contributed by atoms with Crippen LogP contribution in [0, 0.1) is 0 Å². The Kier molecular flexibility index (Phi) is 15.6. The van der Waals surface area contributed by atoms with Gasteiger partial charge in [-0.2, -0.15) is 0 Å². The summed E-state index contributed by atoms with van der Waals surface area (Å²) < 4.78 is 5.55. The van der Waals surface area contributed by atoms with Crippen molar-refractivity contribution >= 4 is 18.0 Å². The number of aryl methyl sites for hydroxylation is 1. The van der Waals surface area contributed by atoms with Gasteiger partial charge in [0.2, 0.25) is 5.89 Å². The molecule has 0 amide bonds. The molecule has 10 heteroatoms. The van der Waals surface area contributed by atoms with E-state index in [-0.39, 0.29) is 0 Å². The fourth-order valence-electron chi connectivity index (χ4n) is 2.53. The lowest BCUT2D eigenvalue weighted by molar-refractivity contribution is -0.135. The van der Waals surface area contributed by atoms with Crippen molar-refractivity contribution in [2.24, 2.45) is 5.73 Å². The molecule has 0 aromatic carbocycles. The first kappa shape index (κ1) is 25.8. The van der Waals surface area contributed by atoms with Gasteiger partial charge < -0.3 is 30.6 Å². The van der Waals surface area contributed by atoms with Crippen molar-refractivity contribution in [3.05, 3.63) is 5.89 Å². The van der Waals surface area contributed by atoms with E-state index in [1.807, 2.05) is 0 Å². The summed E-state index contributed by atoms with van der Waals surface area (Å²) in [6.07, 6.45) is 8.22. The van der Waals surface area contributed by atoms with Gasteiger partial charge in [-0.25, -0.2) is 0 Å². The van der Waals surface area contributed by atoms with E-state index in [1.165, 1.54) is 38.8 Å². The number of aliphatic carboxylic acids is 2. The van der Waals surface area contributed by atoms with Crippen LogP contribution >= 0.6 is 0 Å². The van der Waals surface area contributed by atoms with Crippen molar-refractivity contribution < 1.29 is 24.2 Å². The fraction of sp³-hybridized carbons (Fsp3) is 0.778. The van der Waals surface area contributed by atoms with Gasteiger partial charge >= 0.3 is 6.01 Å². The number of rotatable bonds is 8. The summed E-state index contributed by atoms with van der Waals surface area (Å²) >= 11 is 0. The average Bonchev–Trinajstić information content (AvgIpc) is 2.88. The predicted octanol–water partition coefficient (Wildman–Crippen LogP) is 1.82. The molecule has 28 heavy (non-hydrogen) atoms. The Morgan fingerprint density at radius 2 is 1.64 bits per heavy atom. The van der Waals surface area contributed by atoms with Gasteiger partial charge in [-0.15, -0.1) is 5.10 Å². The summed E-state index contributed by atoms with van der Waals surface area (Å²) in [4.78, 5) is 20.5. The number of nitrogens with one attached hydrogen (secondary N) is 1. The molecule has 2 heterocycles. The zero-order chi connectivity index (χ0) is 21.2. The summed E-state index contributed by atoms with van der Waals surface area (Å²) in [5.74, 6) is -0.962. The van der Waals surface area contributed by atoms with Crippen LogP contribution in [0.5, 0.6) is 0 Å². The second-order valence-electron chi connectivity index (χ2n) is 6.47. The zero-order valence-corrected chi connectivity index (χ0v) is 17.0. The largest absolute Gasteiger partial charge is 0.481 e. The molecule has 1 aliphatic heterocycles. The normalized spacial score (nSPS) is 14.0. The lowest BCUT2D eigenvalue weighted by atomic mass is 10.2. The van der Waals surface area contributed by atoms with Crippen LogP contribution in [0.4, 0.5) is 6.01 Å². The number of nitrogens with zero attached hydrogens (tertiary/aromatic N) is 3. The minimum Gasteiger partial charge on any atom is -0.481 e. The van der Waals surface area contributed by atoms with E-state index < -0.39 is 11.9 Å². The maximum absolute atomic E-state index is 9.00. The van der Waals surface area contributed by atoms with Crippen molar-refractivity contribution in [3.63, 3.8) is 0 Å². The van der Waals surface area contributed by atoms with Crippen LogP contribution in [0.3, 0.4) is 0 Å². The molecule has 0 unspecified atom stereocenters. The van der Waals surface area contributed by atoms with Gasteiger partial charge in [0.1, 0.15) is 0 Å². The van der Waals surface area contributed by atoms with Crippen molar-refractivity contribution in [2.45, 2.75) is 58.8 Å². The predicted molar refractivity (Wildman–Crippen MR) is 106 cm³/mol. The van der Waals surface area contributed by atoms with Crippen LogP contribution in [-0.2, 0) is 16.0 Å². The average molecular weight is 402 g/mol. The first-order chi connectivity index (χ1) is 13.3. The highest BCUT2D eigenvalue weighted by Gasteiger charge is 2.09. The van der Waals surface area contributed by atoms with Crippen LogP contribution in [0.1, 0.15) is 58.3 Å². The Morgan fingerprint density at radius 3 is 2.18 bits per heavy atom. The van der Waals surface area contributed by atoms with Gasteiger partial charge in [-0.3, -0.25) is 9.59 Å². The van der Waals surface area contributed by atoms with E-state index in [4.69, 9.17) is 30.0 Å². The summed E-state index contributed by atoms with van der Waals surface area (Å²) in [5, 5.41) is 26.1. The van der Waals surface area contributed by atoms with Gasteiger partial charge in [0.25, 0.3) is 11.9 Å². The molecule has 0 saturated carbocycles. The van der Waals surface area contributed by atoms with Crippen LogP contribution in [0.2, 0.25) is 0 Å². The summed E-state index contributed by atoms with van der Waals surface area (Å²) in [5.41, 5.74) is 5.46. The Bertz CT molecular complexity index is 510. The van der Waals surface area contributed by atoms with Gasteiger partial charge in [0, 0.05) is 33.4 Å². The molecule has 0 radical (unpaired) electrons. The van der Waals surface area contributed by atoms with Crippen LogP contribution in [0.15, 0.2) is 4.42 Å². The van der Waals surface area contributed by atoms with Crippen LogP contribution < -0.4 is 11.1 Å². The fourth-order valence-corrected chi connectivity index (χ4v) is 2.53. The highest BCUT2D eigenvalue weighted by molar-refractivity contribution is 5.63. The number of hydrogen-bond acceptors (Lipinski definition) is 8. The number of unbranched alkanes of at least 4 members (excludes halogenated alkanes) is 1. The van der Waals surface area contributed by atoms with Gasteiger partial charge in [0.05, 0.1) is 0 Å². The number of anilines is 1. The summed E-state index contributed by atoms with van der Waals surface area (Å²) in [7, 11) is 0. The molecule has 1 fully saturated rings. The number of nitrogens with two attached hydrogens (primary N) is 1. The lowest BCUT2D eigenvalue weighted by Gasteiger charge is -2.19. The monoisotopic (exact) mass is 401 g/mol. The topological polar surface area (TPSA) is 155 Å². The maximum atomic E-state index is 9.00. The molecule has 1 saturated heterocycles. The highest BCUT2D eigenvalue weighted by atomic mass is 16.4. The molecule has 0 atom stereocenters. The molecule has 0 bridgehead atoms. The lowest BCUT2D eigenvalue weighted by Crippen LogP contribution is -2.30. The molecule has 0 spiro atoms. The number of carbonyl (C=O) groups is 2. The van der Waals surface area contributed by atoms with Crippen LogP contribution in [-0.4, -0.2) is 70.0 Å². The van der Waals surface area contributed by atoms with Crippen LogP contribution in [0.25, 0.3) is 0 Å². The van der Waals surface area contributed by atoms with Crippen molar-refractivity contribution in [1.82, 2.24) is 15.1 Å². The van der Waals surface area contributed by atoms with E-state index >= 15 is 0 Å². The molecule has 1 aliphatic rings. The molecule has 5 N–H and O–H groups in total. The molecule has 162 valence electrons. The SMILES string of the molecule is CC(=O)O.CC(=O)O.NCCCCc1nnc(NCCN2CCCCCC2)o1. The van der Waals surface area contributed by atoms with E-state index in [2.05, 4.69) is 20.4 Å². The van der Waals surface area contributed by atoms with Gasteiger partial charge in [0.15, 0.2) is 0 Å². The van der Waals surface area contributed by atoms with E-state index in [1.54, 1.807) is 0 Å². The smallest absolute Gasteiger partial charge is 0.315 e. The summed E-state index contributed by atoms with van der Waals surface area (Å²) in [6.45, 7) is 7.23. The standard InChI is InChI=1S/C14H27N5O.2C2H4O2/c15-8-4-3-7-13-17-18-14(20-13)16-9-12-19-10-5-1-2-6-11-19;2*1-2(3)4/h1-12,15H2,(H,16,18);2*1H3,(H,3,4). The number of carboxylic acids is 2. The summed E-state index contributed by atoms with van der Waals surface area (Å²) in [6, 6.07) is 0.544. The molecule has 2 rings (SSSR count). The number of likely N-dealkylation sites (tertiary alicyclic amines) is 1. The number of aromatic nitrogens is 2. The third-order valence-corrected chi connectivity index (χ3v) is 3.71. The third kappa shape index (κ3) is 17.2. The number of carboxylic acid groups (broad SMARTS) is 2. The molecule has 10 nitrogen and oxygen atoms in total. The Hall–Kier alpha value is -2.20. The zero-order valence-electron chi connectivity index (χ0n) is 17.0. The second-order valence-corrected chi connectivity index (χ2v) is 6.47. The Morgan fingerprint density at radius 1 is 1.07 bits per heavy atom.